The lowest BCUT2D eigenvalue weighted by atomic mass is 10.1. The highest BCUT2D eigenvalue weighted by atomic mass is 32.2. The number of hydrogen-bond donors (Lipinski definition) is 1. The van der Waals surface area contributed by atoms with Gasteiger partial charge in [-0.3, -0.25) is 0 Å². The van der Waals surface area contributed by atoms with Gasteiger partial charge >= 0.3 is 0 Å². The fraction of sp³-hybridized carbons (Fsp3) is 0.308. The van der Waals surface area contributed by atoms with Crippen LogP contribution in [-0.2, 0) is 0 Å². The molecule has 2 nitrogen and oxygen atoms in total. The lowest BCUT2D eigenvalue weighted by Crippen LogP contribution is -2.24. The molecule has 1 aromatic heterocycles. The van der Waals surface area contributed by atoms with Gasteiger partial charge in [-0.2, -0.15) is 0 Å². The summed E-state index contributed by atoms with van der Waals surface area (Å²) in [5.41, 5.74) is 1.43. The minimum absolute atomic E-state index is 0.326. The molecule has 3 rings (SSSR count). The van der Waals surface area contributed by atoms with Crippen molar-refractivity contribution in [2.45, 2.75) is 23.9 Å². The van der Waals surface area contributed by atoms with Gasteiger partial charge in [-0.1, -0.05) is 18.2 Å². The molecule has 1 aliphatic rings. The zero-order valence-electron chi connectivity index (χ0n) is 9.59. The molecule has 2 heterocycles. The number of hydrogen-bond acceptors (Lipinski definition) is 4. The molecule has 0 bridgehead atoms. The van der Waals surface area contributed by atoms with Crippen LogP contribution >= 0.6 is 23.1 Å². The molecule has 17 heavy (non-hydrogen) atoms. The molecule has 0 saturated carbocycles. The predicted octanol–water partition coefficient (Wildman–Crippen LogP) is 3.64. The van der Waals surface area contributed by atoms with Gasteiger partial charge < -0.3 is 5.32 Å². The molecular weight excluding hydrogens is 248 g/mol. The van der Waals surface area contributed by atoms with Crippen LogP contribution in [0.25, 0.3) is 0 Å². The summed E-state index contributed by atoms with van der Waals surface area (Å²) in [5, 5.41) is 6.86. The van der Waals surface area contributed by atoms with Crippen molar-refractivity contribution in [3.05, 3.63) is 46.4 Å². The van der Waals surface area contributed by atoms with E-state index in [2.05, 4.69) is 41.5 Å². The molecular formula is C13H14N2S2. The summed E-state index contributed by atoms with van der Waals surface area (Å²) in [6, 6.07) is 9.44. The van der Waals surface area contributed by atoms with Crippen LogP contribution in [-0.4, -0.2) is 10.7 Å². The van der Waals surface area contributed by atoms with Gasteiger partial charge in [0.05, 0.1) is 6.04 Å². The van der Waals surface area contributed by atoms with Gasteiger partial charge in [-0.15, -0.1) is 23.1 Å². The quantitative estimate of drug-likeness (QED) is 0.914. The Bertz CT molecular complexity index is 496. The molecule has 1 aromatic carbocycles. The highest BCUT2D eigenvalue weighted by Crippen LogP contribution is 2.38. The van der Waals surface area contributed by atoms with Crippen LogP contribution in [0, 0.1) is 0 Å². The summed E-state index contributed by atoms with van der Waals surface area (Å²) in [5.74, 6) is 1.12. The Morgan fingerprint density at radius 1 is 1.41 bits per heavy atom. The molecule has 0 amide bonds. The van der Waals surface area contributed by atoms with E-state index in [1.54, 1.807) is 11.3 Å². The predicted molar refractivity (Wildman–Crippen MR) is 73.6 cm³/mol. The zero-order chi connectivity index (χ0) is 11.7. The summed E-state index contributed by atoms with van der Waals surface area (Å²) >= 11 is 3.65. The number of benzene rings is 1. The monoisotopic (exact) mass is 262 g/mol. The first-order chi connectivity index (χ1) is 8.34. The minimum atomic E-state index is 0.326. The van der Waals surface area contributed by atoms with Gasteiger partial charge in [-0.05, 0) is 18.6 Å². The lowest BCUT2D eigenvalue weighted by molar-refractivity contribution is 0.499. The molecule has 2 aromatic rings. The Hall–Kier alpha value is -0.840. The van der Waals surface area contributed by atoms with Gasteiger partial charge in [0, 0.05) is 28.3 Å². The third kappa shape index (κ3) is 2.25. The van der Waals surface area contributed by atoms with Gasteiger partial charge in [0.15, 0.2) is 0 Å². The lowest BCUT2D eigenvalue weighted by Gasteiger charge is -2.18. The summed E-state index contributed by atoms with van der Waals surface area (Å²) in [4.78, 5) is 5.78. The Kier molecular flexibility index (Phi) is 3.18. The van der Waals surface area contributed by atoms with Gasteiger partial charge in [-0.25, -0.2) is 4.98 Å². The third-order valence-corrected chi connectivity index (χ3v) is 5.11. The Morgan fingerprint density at radius 3 is 3.12 bits per heavy atom. The van der Waals surface area contributed by atoms with Crippen molar-refractivity contribution in [2.24, 2.45) is 0 Å². The van der Waals surface area contributed by atoms with E-state index >= 15 is 0 Å². The first kappa shape index (κ1) is 11.3. The second-order valence-corrected chi connectivity index (χ2v) is 6.15. The Morgan fingerprint density at radius 2 is 2.29 bits per heavy atom. The second-order valence-electron chi connectivity index (χ2n) is 4.16. The van der Waals surface area contributed by atoms with Crippen molar-refractivity contribution in [2.75, 3.05) is 5.75 Å². The number of rotatable bonds is 3. The molecule has 4 heteroatoms. The van der Waals surface area contributed by atoms with Crippen molar-refractivity contribution >= 4 is 23.1 Å². The van der Waals surface area contributed by atoms with E-state index in [9.17, 15) is 0 Å². The Balaban J connectivity index is 1.75. The van der Waals surface area contributed by atoms with Crippen LogP contribution in [0.1, 0.15) is 29.6 Å². The number of thiazole rings is 1. The average Bonchev–Trinajstić information content (AvgIpc) is 2.98. The molecule has 0 saturated heterocycles. The maximum atomic E-state index is 4.36. The van der Waals surface area contributed by atoms with Crippen molar-refractivity contribution < 1.29 is 0 Å². The standard InChI is InChI=1S/C13H14N2S2/c1-9(13-14-6-7-16-13)15-11-8-17-12-5-3-2-4-10(11)12/h2-7,9,11,15H,8H2,1H3. The molecule has 2 atom stereocenters. The second kappa shape index (κ2) is 4.80. The Labute approximate surface area is 109 Å². The van der Waals surface area contributed by atoms with E-state index in [1.165, 1.54) is 15.5 Å². The van der Waals surface area contributed by atoms with E-state index in [1.807, 2.05) is 23.3 Å². The molecule has 0 spiro atoms. The molecule has 0 aliphatic carbocycles. The number of nitrogens with zero attached hydrogens (tertiary/aromatic N) is 1. The number of aromatic nitrogens is 1. The third-order valence-electron chi connectivity index (χ3n) is 2.97. The topological polar surface area (TPSA) is 24.9 Å². The highest BCUT2D eigenvalue weighted by molar-refractivity contribution is 7.99. The first-order valence-electron chi connectivity index (χ1n) is 5.72. The van der Waals surface area contributed by atoms with Gasteiger partial charge in [0.25, 0.3) is 0 Å². The van der Waals surface area contributed by atoms with E-state index in [-0.39, 0.29) is 0 Å². The fourth-order valence-corrected chi connectivity index (χ4v) is 3.95. The first-order valence-corrected chi connectivity index (χ1v) is 7.58. The number of thioether (sulfide) groups is 1. The van der Waals surface area contributed by atoms with Gasteiger partial charge in [0.2, 0.25) is 0 Å². The molecule has 88 valence electrons. The molecule has 1 N–H and O–H groups in total. The van der Waals surface area contributed by atoms with Crippen LogP contribution in [0.5, 0.6) is 0 Å². The van der Waals surface area contributed by atoms with E-state index in [0.717, 1.165) is 5.75 Å². The fourth-order valence-electron chi connectivity index (χ4n) is 2.12. The minimum Gasteiger partial charge on any atom is -0.300 e. The maximum absolute atomic E-state index is 4.36. The summed E-state index contributed by atoms with van der Waals surface area (Å²) in [7, 11) is 0. The van der Waals surface area contributed by atoms with E-state index < -0.39 is 0 Å². The molecule has 1 aliphatic heterocycles. The summed E-state index contributed by atoms with van der Waals surface area (Å²) in [6.07, 6.45) is 1.87. The normalized spacial score (nSPS) is 20.2. The van der Waals surface area contributed by atoms with Crippen LogP contribution in [0.15, 0.2) is 40.7 Å². The molecule has 0 fully saturated rings. The summed E-state index contributed by atoms with van der Waals surface area (Å²) in [6.45, 7) is 2.18. The van der Waals surface area contributed by atoms with Crippen molar-refractivity contribution in [1.29, 1.82) is 0 Å². The van der Waals surface area contributed by atoms with Crippen LogP contribution in [0.3, 0.4) is 0 Å². The molecule has 2 unspecified atom stereocenters. The highest BCUT2D eigenvalue weighted by Gasteiger charge is 2.24. The van der Waals surface area contributed by atoms with E-state index in [0.29, 0.717) is 12.1 Å². The van der Waals surface area contributed by atoms with Crippen LogP contribution in [0.4, 0.5) is 0 Å². The maximum Gasteiger partial charge on any atom is 0.109 e. The SMILES string of the molecule is CC(NC1CSc2ccccc21)c1nccs1. The van der Waals surface area contributed by atoms with Gasteiger partial charge in [0.1, 0.15) is 5.01 Å². The zero-order valence-corrected chi connectivity index (χ0v) is 11.2. The summed E-state index contributed by atoms with van der Waals surface area (Å²) < 4.78 is 0. The van der Waals surface area contributed by atoms with Crippen molar-refractivity contribution in [1.82, 2.24) is 10.3 Å². The number of nitrogens with one attached hydrogen (secondary N) is 1. The average molecular weight is 262 g/mol. The van der Waals surface area contributed by atoms with E-state index in [4.69, 9.17) is 0 Å². The smallest absolute Gasteiger partial charge is 0.109 e. The van der Waals surface area contributed by atoms with Crippen molar-refractivity contribution in [3.8, 4) is 0 Å². The van der Waals surface area contributed by atoms with Crippen molar-refractivity contribution in [3.63, 3.8) is 0 Å². The molecule has 0 radical (unpaired) electrons. The van der Waals surface area contributed by atoms with Crippen LogP contribution in [0.2, 0.25) is 0 Å². The largest absolute Gasteiger partial charge is 0.300 e. The van der Waals surface area contributed by atoms with Crippen LogP contribution < -0.4 is 5.32 Å². The number of fused-ring (bicyclic) bond motifs is 1.